The monoisotopic (exact) mass is 208 g/mol. The molecule has 0 spiro atoms. The summed E-state index contributed by atoms with van der Waals surface area (Å²) in [7, 11) is 0. The van der Waals surface area contributed by atoms with E-state index in [1.165, 1.54) is 0 Å². The summed E-state index contributed by atoms with van der Waals surface area (Å²) in [4.78, 5) is 10.2. The maximum absolute atomic E-state index is 10.2. The van der Waals surface area contributed by atoms with Crippen LogP contribution >= 0.6 is 11.9 Å². The standard InChI is InChI=1S/C2H2N2S.C2H3O2.Cu/c1-2-5-4-3-1;1-2(3)4;/h1-2H;1H2,(H,3,4);/q-2;;+2. The van der Waals surface area contributed by atoms with Crippen LogP contribution in [0.25, 0.3) is 0 Å². The Morgan fingerprint density at radius 1 is 1.80 bits per heavy atom. The Morgan fingerprint density at radius 3 is 3.10 bits per heavy atom. The van der Waals surface area contributed by atoms with Crippen molar-refractivity contribution < 1.29 is 24.2 Å². The zero-order chi connectivity index (χ0) is 7.14. The first kappa shape index (κ1) is 6.54. The SMILES string of the molecule is O=C(O)[CH2][Cu]1[N]2C=CS[N]21. The Kier molecular flexibility index (Phi) is 1.42. The van der Waals surface area contributed by atoms with Gasteiger partial charge < -0.3 is 0 Å². The molecule has 4 nitrogen and oxygen atoms in total. The minimum atomic E-state index is -0.733. The molecule has 2 rings (SSSR count). The van der Waals surface area contributed by atoms with E-state index in [-0.39, 0.29) is 19.7 Å². The van der Waals surface area contributed by atoms with E-state index in [4.69, 9.17) is 5.11 Å². The average molecular weight is 209 g/mol. The van der Waals surface area contributed by atoms with Gasteiger partial charge >= 0.3 is 66.5 Å². The van der Waals surface area contributed by atoms with Gasteiger partial charge in [0.15, 0.2) is 0 Å². The van der Waals surface area contributed by atoms with Gasteiger partial charge in [-0.15, -0.1) is 0 Å². The summed E-state index contributed by atoms with van der Waals surface area (Å²) >= 11 is 1.46. The number of carboxylic acids is 1. The van der Waals surface area contributed by atoms with E-state index in [1.54, 1.807) is 11.9 Å². The Balaban J connectivity index is 1.90. The Labute approximate surface area is 66.9 Å². The van der Waals surface area contributed by atoms with Crippen LogP contribution in [0.2, 0.25) is 5.32 Å². The van der Waals surface area contributed by atoms with Gasteiger partial charge in [0.05, 0.1) is 0 Å². The van der Waals surface area contributed by atoms with E-state index < -0.39 is 5.97 Å². The number of nitrogens with zero attached hydrogens (tertiary/aromatic N) is 2. The number of aliphatic carboxylic acids is 1. The zero-order valence-electron chi connectivity index (χ0n) is 4.82. The molecule has 0 bridgehead atoms. The first-order valence-electron chi connectivity index (χ1n) is 2.47. The summed E-state index contributed by atoms with van der Waals surface area (Å²) in [6.07, 6.45) is 1.90. The zero-order valence-corrected chi connectivity index (χ0v) is 6.58. The molecule has 1 saturated heterocycles. The molecule has 10 heavy (non-hydrogen) atoms. The van der Waals surface area contributed by atoms with Gasteiger partial charge in [-0.25, -0.2) is 0 Å². The summed E-state index contributed by atoms with van der Waals surface area (Å²) in [5.74, 6) is -0.733. The van der Waals surface area contributed by atoms with Crippen molar-refractivity contribution in [3.63, 3.8) is 0 Å². The third kappa shape index (κ3) is 0.932. The van der Waals surface area contributed by atoms with E-state index in [9.17, 15) is 4.79 Å². The van der Waals surface area contributed by atoms with E-state index in [0.717, 1.165) is 0 Å². The van der Waals surface area contributed by atoms with Crippen molar-refractivity contribution >= 4 is 17.9 Å². The van der Waals surface area contributed by atoms with Gasteiger partial charge in [-0.1, -0.05) is 0 Å². The van der Waals surface area contributed by atoms with Crippen LogP contribution in [0.4, 0.5) is 0 Å². The second-order valence-corrected chi connectivity index (χ2v) is 4.60. The minimum absolute atomic E-state index is 0.0851. The molecule has 0 saturated carbocycles. The molecule has 1 fully saturated rings. The third-order valence-corrected chi connectivity index (χ3v) is 4.27. The van der Waals surface area contributed by atoms with Crippen LogP contribution in [0, 0.1) is 0 Å². The molecule has 0 aromatic heterocycles. The predicted octanol–water partition coefficient (Wildman–Crippen LogP) is 0.603. The second kappa shape index (κ2) is 2.17. The van der Waals surface area contributed by atoms with Crippen molar-refractivity contribution in [3.8, 4) is 0 Å². The molecule has 1 atom stereocenters. The van der Waals surface area contributed by atoms with Crippen LogP contribution in [0.3, 0.4) is 0 Å². The summed E-state index contributed by atoms with van der Waals surface area (Å²) in [6, 6.07) is 0. The molecular weight excluding hydrogens is 204 g/mol. The molecule has 6 heteroatoms. The number of carboxylic acid groups (broad SMARTS) is 1. The average Bonchev–Trinajstić information content (AvgIpc) is 2.40. The molecule has 2 aliphatic rings. The van der Waals surface area contributed by atoms with Gasteiger partial charge in [0.1, 0.15) is 0 Å². The Morgan fingerprint density at radius 2 is 2.60 bits per heavy atom. The fourth-order valence-corrected chi connectivity index (χ4v) is 3.57. The van der Waals surface area contributed by atoms with Crippen LogP contribution in [-0.2, 0) is 19.1 Å². The number of rotatable bonds is 2. The number of hydrazine groups is 1. The van der Waals surface area contributed by atoms with Gasteiger partial charge in [0.2, 0.25) is 0 Å². The Hall–Kier alpha value is -0.161. The number of fused-ring (bicyclic) bond motifs is 1. The molecule has 1 N–H and O–H groups in total. The molecule has 0 amide bonds. The van der Waals surface area contributed by atoms with Crippen LogP contribution in [0.15, 0.2) is 11.6 Å². The van der Waals surface area contributed by atoms with Gasteiger partial charge in [-0.3, -0.25) is 0 Å². The molecule has 2 aliphatic heterocycles. The molecule has 1 unspecified atom stereocenters. The van der Waals surface area contributed by atoms with Crippen molar-refractivity contribution in [2.45, 2.75) is 5.32 Å². The molecular formula is C4H5CuN2O2S. The van der Waals surface area contributed by atoms with E-state index in [0.29, 0.717) is 0 Å². The molecule has 0 aromatic rings. The summed E-state index contributed by atoms with van der Waals surface area (Å²) in [6.45, 7) is 0. The first-order valence-corrected chi connectivity index (χ1v) is 4.82. The predicted molar refractivity (Wildman–Crippen MR) is 32.9 cm³/mol. The summed E-state index contributed by atoms with van der Waals surface area (Å²) in [5.41, 5.74) is 0. The van der Waals surface area contributed by atoms with Crippen molar-refractivity contribution in [2.24, 2.45) is 0 Å². The summed E-state index contributed by atoms with van der Waals surface area (Å²) < 4.78 is 3.87. The fraction of sp³-hybridized carbons (Fsp3) is 0.250. The van der Waals surface area contributed by atoms with E-state index in [2.05, 4.69) is 0 Å². The third-order valence-electron chi connectivity index (χ3n) is 0.904. The molecule has 2 heterocycles. The number of hydrogen-bond acceptors (Lipinski definition) is 4. The molecule has 0 aliphatic carbocycles. The van der Waals surface area contributed by atoms with Crippen LogP contribution < -0.4 is 0 Å². The quantitative estimate of drug-likeness (QED) is 0.409. The van der Waals surface area contributed by atoms with E-state index in [1.807, 2.05) is 19.1 Å². The molecule has 60 valence electrons. The number of hydrogen-bond donors (Lipinski definition) is 1. The van der Waals surface area contributed by atoms with Gasteiger partial charge in [-0.2, -0.15) is 0 Å². The van der Waals surface area contributed by atoms with Crippen molar-refractivity contribution in [1.82, 2.24) is 7.46 Å². The maximum atomic E-state index is 10.2. The fourth-order valence-electron chi connectivity index (χ4n) is 0.563. The molecule has 0 radical (unpaired) electrons. The van der Waals surface area contributed by atoms with Gasteiger partial charge in [0, 0.05) is 0 Å². The van der Waals surface area contributed by atoms with Gasteiger partial charge in [0.25, 0.3) is 0 Å². The van der Waals surface area contributed by atoms with Crippen LogP contribution in [-0.4, -0.2) is 18.5 Å². The molecule has 0 aromatic carbocycles. The normalized spacial score (nSPS) is 30.6. The second-order valence-electron chi connectivity index (χ2n) is 1.59. The van der Waals surface area contributed by atoms with E-state index >= 15 is 0 Å². The first-order chi connectivity index (χ1) is 4.79. The van der Waals surface area contributed by atoms with Crippen LogP contribution in [0.1, 0.15) is 0 Å². The summed E-state index contributed by atoms with van der Waals surface area (Å²) in [5, 5.41) is 10.6. The topological polar surface area (TPSA) is 43.3 Å². The van der Waals surface area contributed by atoms with Crippen molar-refractivity contribution in [3.05, 3.63) is 11.6 Å². The Bertz CT molecular complexity index is 209. The van der Waals surface area contributed by atoms with Crippen molar-refractivity contribution in [2.75, 3.05) is 0 Å². The van der Waals surface area contributed by atoms with Crippen molar-refractivity contribution in [1.29, 1.82) is 0 Å². The number of carbonyl (C=O) groups is 1. The van der Waals surface area contributed by atoms with Crippen LogP contribution in [0.5, 0.6) is 0 Å². The van der Waals surface area contributed by atoms with Gasteiger partial charge in [-0.05, 0) is 0 Å².